The van der Waals surface area contributed by atoms with Crippen molar-refractivity contribution in [2.45, 2.75) is 44.2 Å². The first kappa shape index (κ1) is 16.2. The SMILES string of the molecule is COCCN(C)S(=O)(=O)N1CCCCC1CNC1CC1. The summed E-state index contributed by atoms with van der Waals surface area (Å²) >= 11 is 0. The number of hydrogen-bond acceptors (Lipinski definition) is 4. The molecule has 0 bridgehead atoms. The highest BCUT2D eigenvalue weighted by molar-refractivity contribution is 7.86. The molecular formula is C13H27N3O3S. The third-order valence-electron chi connectivity index (χ3n) is 4.09. The second-order valence-electron chi connectivity index (χ2n) is 5.76. The first-order valence-electron chi connectivity index (χ1n) is 7.51. The maximum absolute atomic E-state index is 12.6. The average molecular weight is 305 g/mol. The minimum atomic E-state index is -3.36. The lowest BCUT2D eigenvalue weighted by Gasteiger charge is -2.37. The minimum absolute atomic E-state index is 0.0966. The lowest BCUT2D eigenvalue weighted by atomic mass is 10.1. The highest BCUT2D eigenvalue weighted by Crippen LogP contribution is 2.24. The quantitative estimate of drug-likeness (QED) is 0.706. The van der Waals surface area contributed by atoms with Crippen LogP contribution in [0.15, 0.2) is 0 Å². The van der Waals surface area contributed by atoms with Crippen molar-refractivity contribution in [1.82, 2.24) is 13.9 Å². The normalized spacial score (nSPS) is 25.2. The number of methoxy groups -OCH3 is 1. The summed E-state index contributed by atoms with van der Waals surface area (Å²) in [6.45, 7) is 2.24. The van der Waals surface area contributed by atoms with Crippen LogP contribution in [0.3, 0.4) is 0 Å². The Kier molecular flexibility index (Phi) is 5.80. The summed E-state index contributed by atoms with van der Waals surface area (Å²) in [7, 11) is -0.144. The smallest absolute Gasteiger partial charge is 0.282 e. The van der Waals surface area contributed by atoms with Gasteiger partial charge in [0.1, 0.15) is 0 Å². The number of nitrogens with zero attached hydrogens (tertiary/aromatic N) is 2. The molecule has 1 aliphatic heterocycles. The largest absolute Gasteiger partial charge is 0.383 e. The van der Waals surface area contributed by atoms with E-state index >= 15 is 0 Å². The zero-order chi connectivity index (χ0) is 14.6. The predicted molar refractivity (Wildman–Crippen MR) is 78.8 cm³/mol. The van der Waals surface area contributed by atoms with Crippen LogP contribution in [0.1, 0.15) is 32.1 Å². The van der Waals surface area contributed by atoms with E-state index in [2.05, 4.69) is 5.32 Å². The molecule has 1 heterocycles. The van der Waals surface area contributed by atoms with E-state index in [0.29, 0.717) is 25.7 Å². The van der Waals surface area contributed by atoms with E-state index in [1.165, 1.54) is 17.1 Å². The first-order chi connectivity index (χ1) is 9.55. The molecule has 1 N–H and O–H groups in total. The predicted octanol–water partition coefficient (Wildman–Crippen LogP) is 0.416. The number of piperidine rings is 1. The van der Waals surface area contributed by atoms with Gasteiger partial charge in [-0.25, -0.2) is 0 Å². The van der Waals surface area contributed by atoms with Gasteiger partial charge >= 0.3 is 0 Å². The van der Waals surface area contributed by atoms with Gasteiger partial charge in [0.15, 0.2) is 0 Å². The Morgan fingerprint density at radius 1 is 1.30 bits per heavy atom. The Balaban J connectivity index is 1.96. The fourth-order valence-electron chi connectivity index (χ4n) is 2.59. The highest BCUT2D eigenvalue weighted by atomic mass is 32.2. The lowest BCUT2D eigenvalue weighted by Crippen LogP contribution is -2.53. The molecule has 1 unspecified atom stereocenters. The maximum Gasteiger partial charge on any atom is 0.282 e. The molecule has 0 aromatic heterocycles. The summed E-state index contributed by atoms with van der Waals surface area (Å²) in [4.78, 5) is 0. The summed E-state index contributed by atoms with van der Waals surface area (Å²) in [5.41, 5.74) is 0. The van der Waals surface area contributed by atoms with Crippen molar-refractivity contribution in [2.75, 3.05) is 40.4 Å². The van der Waals surface area contributed by atoms with Crippen molar-refractivity contribution < 1.29 is 13.2 Å². The first-order valence-corrected chi connectivity index (χ1v) is 8.91. The van der Waals surface area contributed by atoms with E-state index in [4.69, 9.17) is 4.74 Å². The summed E-state index contributed by atoms with van der Waals surface area (Å²) in [5.74, 6) is 0. The number of likely N-dealkylation sites (N-methyl/N-ethyl adjacent to an activating group) is 1. The van der Waals surface area contributed by atoms with Crippen molar-refractivity contribution >= 4 is 10.2 Å². The zero-order valence-corrected chi connectivity index (χ0v) is 13.4. The lowest BCUT2D eigenvalue weighted by molar-refractivity contribution is 0.176. The molecule has 118 valence electrons. The fraction of sp³-hybridized carbons (Fsp3) is 1.00. The van der Waals surface area contributed by atoms with Crippen LogP contribution in [0.4, 0.5) is 0 Å². The standard InChI is InChI=1S/C13H27N3O3S/c1-15(9-10-19-2)20(17,18)16-8-4-3-5-13(16)11-14-12-6-7-12/h12-14H,3-11H2,1-2H3. The number of nitrogens with one attached hydrogen (secondary N) is 1. The van der Waals surface area contributed by atoms with E-state index in [1.54, 1.807) is 18.5 Å². The van der Waals surface area contributed by atoms with Gasteiger partial charge in [-0.15, -0.1) is 0 Å². The molecule has 2 rings (SSSR count). The van der Waals surface area contributed by atoms with Crippen molar-refractivity contribution in [3.05, 3.63) is 0 Å². The second-order valence-corrected chi connectivity index (χ2v) is 7.75. The van der Waals surface area contributed by atoms with Gasteiger partial charge in [0.2, 0.25) is 0 Å². The van der Waals surface area contributed by atoms with Gasteiger partial charge in [-0.1, -0.05) is 6.42 Å². The van der Waals surface area contributed by atoms with Crippen molar-refractivity contribution in [3.63, 3.8) is 0 Å². The van der Waals surface area contributed by atoms with Crippen LogP contribution >= 0.6 is 0 Å². The van der Waals surface area contributed by atoms with Gasteiger partial charge in [-0.2, -0.15) is 17.0 Å². The second kappa shape index (κ2) is 7.17. The molecule has 2 aliphatic rings. The zero-order valence-electron chi connectivity index (χ0n) is 12.5. The van der Waals surface area contributed by atoms with Crippen molar-refractivity contribution in [1.29, 1.82) is 0 Å². The average Bonchev–Trinajstić information content (AvgIpc) is 3.26. The van der Waals surface area contributed by atoms with Crippen LogP contribution in [-0.4, -0.2) is 69.5 Å². The molecule has 1 aliphatic carbocycles. The molecule has 6 nitrogen and oxygen atoms in total. The van der Waals surface area contributed by atoms with Crippen LogP contribution in [-0.2, 0) is 14.9 Å². The fourth-order valence-corrected chi connectivity index (χ4v) is 4.17. The molecular weight excluding hydrogens is 278 g/mol. The molecule has 0 aromatic carbocycles. The van der Waals surface area contributed by atoms with Crippen LogP contribution in [0.25, 0.3) is 0 Å². The van der Waals surface area contributed by atoms with Gasteiger partial charge in [-0.3, -0.25) is 0 Å². The molecule has 0 amide bonds. The van der Waals surface area contributed by atoms with E-state index < -0.39 is 10.2 Å². The molecule has 7 heteroatoms. The van der Waals surface area contributed by atoms with Gasteiger partial charge < -0.3 is 10.1 Å². The molecule has 0 spiro atoms. The Labute approximate surface area is 122 Å². The molecule has 1 saturated heterocycles. The van der Waals surface area contributed by atoms with E-state index in [1.807, 2.05) is 0 Å². The van der Waals surface area contributed by atoms with Crippen molar-refractivity contribution in [3.8, 4) is 0 Å². The molecule has 1 saturated carbocycles. The van der Waals surface area contributed by atoms with Crippen molar-refractivity contribution in [2.24, 2.45) is 0 Å². The third-order valence-corrected chi connectivity index (χ3v) is 6.14. The number of rotatable bonds is 8. The van der Waals surface area contributed by atoms with Crippen LogP contribution in [0, 0.1) is 0 Å². The topological polar surface area (TPSA) is 61.9 Å². The van der Waals surface area contributed by atoms with Crippen LogP contribution < -0.4 is 5.32 Å². The maximum atomic E-state index is 12.6. The van der Waals surface area contributed by atoms with Crippen LogP contribution in [0.5, 0.6) is 0 Å². The van der Waals surface area contributed by atoms with Gasteiger partial charge in [-0.05, 0) is 25.7 Å². The summed E-state index contributed by atoms with van der Waals surface area (Å²) in [6, 6.07) is 0.715. The summed E-state index contributed by atoms with van der Waals surface area (Å²) in [6.07, 6.45) is 5.49. The van der Waals surface area contributed by atoms with Crippen LogP contribution in [0.2, 0.25) is 0 Å². The minimum Gasteiger partial charge on any atom is -0.383 e. The Morgan fingerprint density at radius 3 is 2.70 bits per heavy atom. The Hall–Kier alpha value is -0.210. The van der Waals surface area contributed by atoms with E-state index in [0.717, 1.165) is 25.8 Å². The molecule has 0 radical (unpaired) electrons. The monoisotopic (exact) mass is 305 g/mol. The van der Waals surface area contributed by atoms with Gasteiger partial charge in [0, 0.05) is 45.9 Å². The van der Waals surface area contributed by atoms with E-state index in [9.17, 15) is 8.42 Å². The van der Waals surface area contributed by atoms with Gasteiger partial charge in [0.25, 0.3) is 10.2 Å². The molecule has 0 aromatic rings. The molecule has 20 heavy (non-hydrogen) atoms. The van der Waals surface area contributed by atoms with E-state index in [-0.39, 0.29) is 6.04 Å². The molecule has 1 atom stereocenters. The highest BCUT2D eigenvalue weighted by Gasteiger charge is 2.35. The van der Waals surface area contributed by atoms with Gasteiger partial charge in [0.05, 0.1) is 6.61 Å². The summed E-state index contributed by atoms with van der Waals surface area (Å²) in [5, 5.41) is 3.46. The summed E-state index contributed by atoms with van der Waals surface area (Å²) < 4.78 is 33.3. The number of hydrogen-bond donors (Lipinski definition) is 1. The third kappa shape index (κ3) is 4.14. The molecule has 2 fully saturated rings. The Morgan fingerprint density at radius 2 is 2.05 bits per heavy atom. The number of ether oxygens (including phenoxy) is 1. The Bertz CT molecular complexity index is 398.